The summed E-state index contributed by atoms with van der Waals surface area (Å²) < 4.78 is 16.4. The quantitative estimate of drug-likeness (QED) is 0.723. The number of methoxy groups -OCH3 is 1. The Bertz CT molecular complexity index is 733. The van der Waals surface area contributed by atoms with Crippen molar-refractivity contribution < 1.29 is 19.1 Å². The number of hydrogen-bond acceptors (Lipinski definition) is 5. The van der Waals surface area contributed by atoms with Crippen LogP contribution in [0.1, 0.15) is 12.8 Å². The van der Waals surface area contributed by atoms with Gasteiger partial charge in [-0.3, -0.25) is 4.57 Å². The van der Waals surface area contributed by atoms with Crippen molar-refractivity contribution in [2.24, 2.45) is 5.92 Å². The lowest BCUT2D eigenvalue weighted by atomic mass is 9.81. The van der Waals surface area contributed by atoms with Crippen LogP contribution in [0, 0.1) is 5.92 Å². The summed E-state index contributed by atoms with van der Waals surface area (Å²) in [4.78, 5) is 26.7. The van der Waals surface area contributed by atoms with E-state index in [1.54, 1.807) is 7.11 Å². The van der Waals surface area contributed by atoms with Gasteiger partial charge in [-0.15, -0.1) is 0 Å². The second-order valence-corrected chi connectivity index (χ2v) is 7.21. The van der Waals surface area contributed by atoms with Crippen molar-refractivity contribution in [1.29, 1.82) is 0 Å². The zero-order chi connectivity index (χ0) is 15.7. The molecule has 2 atom stereocenters. The highest BCUT2D eigenvalue weighted by Gasteiger charge is 2.36. The van der Waals surface area contributed by atoms with Crippen LogP contribution in [0.15, 0.2) is 24.5 Å². The van der Waals surface area contributed by atoms with E-state index in [0.29, 0.717) is 17.1 Å². The Morgan fingerprint density at radius 1 is 1.36 bits per heavy atom. The van der Waals surface area contributed by atoms with Crippen LogP contribution in [-0.4, -0.2) is 39.1 Å². The average Bonchev–Trinajstić information content (AvgIpc) is 2.48. The Morgan fingerprint density at radius 2 is 2.18 bits per heavy atom. The molecule has 1 aromatic carbocycles. The van der Waals surface area contributed by atoms with E-state index in [-0.39, 0.29) is 18.1 Å². The molecule has 1 aromatic heterocycles. The molecule has 0 aliphatic heterocycles. The molecule has 0 bridgehead atoms. The summed E-state index contributed by atoms with van der Waals surface area (Å²) in [6.07, 6.45) is 3.07. The SMILES string of the molecule is COc1cccc2c(NC3CCC3CP(=O)(O)O)ncnc12. The summed E-state index contributed by atoms with van der Waals surface area (Å²) in [6, 6.07) is 5.62. The van der Waals surface area contributed by atoms with Crippen LogP contribution in [0.5, 0.6) is 5.75 Å². The maximum Gasteiger partial charge on any atom is 0.325 e. The molecule has 0 amide bonds. The number of anilines is 1. The maximum atomic E-state index is 11.2. The average molecular weight is 323 g/mol. The fourth-order valence-electron chi connectivity index (χ4n) is 2.80. The summed E-state index contributed by atoms with van der Waals surface area (Å²) >= 11 is 0. The lowest BCUT2D eigenvalue weighted by Gasteiger charge is -2.37. The van der Waals surface area contributed by atoms with E-state index < -0.39 is 7.60 Å². The molecule has 2 aromatic rings. The van der Waals surface area contributed by atoms with E-state index in [1.165, 1.54) is 6.33 Å². The standard InChI is InChI=1S/C14H18N3O4P/c1-21-12-4-2-3-10-13(12)15-8-16-14(10)17-11-6-5-9(11)7-22(18,19)20/h2-4,8-9,11H,5-7H2,1H3,(H,15,16,17)(H2,18,19,20). The number of benzene rings is 1. The number of nitrogens with one attached hydrogen (secondary N) is 1. The minimum absolute atomic E-state index is 0.0249. The van der Waals surface area contributed by atoms with Crippen LogP contribution in [-0.2, 0) is 4.57 Å². The predicted octanol–water partition coefficient (Wildman–Crippen LogP) is 2.01. The van der Waals surface area contributed by atoms with Gasteiger partial charge < -0.3 is 19.8 Å². The number of hydrogen-bond donors (Lipinski definition) is 3. The Labute approximate surface area is 127 Å². The second-order valence-electron chi connectivity index (χ2n) is 5.51. The van der Waals surface area contributed by atoms with E-state index in [2.05, 4.69) is 15.3 Å². The van der Waals surface area contributed by atoms with Gasteiger partial charge in [-0.25, -0.2) is 9.97 Å². The number of rotatable bonds is 5. The molecular weight excluding hydrogens is 305 g/mol. The summed E-state index contributed by atoms with van der Waals surface area (Å²) in [6.45, 7) is 0. The molecule has 1 saturated carbocycles. The molecule has 2 unspecified atom stereocenters. The molecular formula is C14H18N3O4P. The van der Waals surface area contributed by atoms with Gasteiger partial charge in [-0.05, 0) is 30.9 Å². The molecule has 3 rings (SSSR count). The van der Waals surface area contributed by atoms with Crippen molar-refractivity contribution in [3.05, 3.63) is 24.5 Å². The number of fused-ring (bicyclic) bond motifs is 1. The van der Waals surface area contributed by atoms with Crippen molar-refractivity contribution >= 4 is 24.3 Å². The van der Waals surface area contributed by atoms with Crippen LogP contribution >= 0.6 is 7.60 Å². The van der Waals surface area contributed by atoms with Gasteiger partial charge in [0.25, 0.3) is 0 Å². The molecule has 22 heavy (non-hydrogen) atoms. The van der Waals surface area contributed by atoms with Crippen molar-refractivity contribution in [1.82, 2.24) is 9.97 Å². The fourth-order valence-corrected chi connectivity index (χ4v) is 3.85. The third-order valence-electron chi connectivity index (χ3n) is 4.06. The monoisotopic (exact) mass is 323 g/mol. The molecule has 8 heteroatoms. The van der Waals surface area contributed by atoms with E-state index >= 15 is 0 Å². The first-order chi connectivity index (χ1) is 10.5. The van der Waals surface area contributed by atoms with E-state index in [9.17, 15) is 4.57 Å². The van der Waals surface area contributed by atoms with Crippen LogP contribution in [0.4, 0.5) is 5.82 Å². The Kier molecular flexibility index (Phi) is 4.04. The maximum absolute atomic E-state index is 11.2. The zero-order valence-corrected chi connectivity index (χ0v) is 13.0. The normalized spacial score (nSPS) is 21.4. The first kappa shape index (κ1) is 15.2. The van der Waals surface area contributed by atoms with Gasteiger partial charge in [0, 0.05) is 11.4 Å². The minimum atomic E-state index is -3.98. The van der Waals surface area contributed by atoms with Crippen LogP contribution in [0.3, 0.4) is 0 Å². The van der Waals surface area contributed by atoms with E-state index in [0.717, 1.165) is 18.2 Å². The molecule has 0 radical (unpaired) electrons. The Hall–Kier alpha value is -1.69. The molecule has 0 saturated heterocycles. The molecule has 1 aliphatic rings. The van der Waals surface area contributed by atoms with Crippen molar-refractivity contribution in [2.75, 3.05) is 18.6 Å². The molecule has 0 spiro atoms. The highest BCUT2D eigenvalue weighted by atomic mass is 31.2. The van der Waals surface area contributed by atoms with E-state index in [1.807, 2.05) is 18.2 Å². The fraction of sp³-hybridized carbons (Fsp3) is 0.429. The Morgan fingerprint density at radius 3 is 2.82 bits per heavy atom. The highest BCUT2D eigenvalue weighted by molar-refractivity contribution is 7.51. The summed E-state index contributed by atoms with van der Waals surface area (Å²) in [7, 11) is -2.39. The highest BCUT2D eigenvalue weighted by Crippen LogP contribution is 2.44. The number of ether oxygens (including phenoxy) is 1. The Balaban J connectivity index is 1.84. The first-order valence-electron chi connectivity index (χ1n) is 7.07. The van der Waals surface area contributed by atoms with Crippen LogP contribution in [0.2, 0.25) is 0 Å². The van der Waals surface area contributed by atoms with Crippen molar-refractivity contribution in [3.8, 4) is 5.75 Å². The van der Waals surface area contributed by atoms with Gasteiger partial charge >= 0.3 is 7.60 Å². The van der Waals surface area contributed by atoms with Gasteiger partial charge in [0.15, 0.2) is 0 Å². The topological polar surface area (TPSA) is 105 Å². The molecule has 1 fully saturated rings. The summed E-state index contributed by atoms with van der Waals surface area (Å²) in [5, 5.41) is 4.13. The molecule has 3 N–H and O–H groups in total. The van der Waals surface area contributed by atoms with Gasteiger partial charge in [-0.1, -0.05) is 6.07 Å². The third kappa shape index (κ3) is 3.06. The van der Waals surface area contributed by atoms with E-state index in [4.69, 9.17) is 14.5 Å². The summed E-state index contributed by atoms with van der Waals surface area (Å²) in [5.41, 5.74) is 0.716. The molecule has 118 valence electrons. The van der Waals surface area contributed by atoms with Gasteiger partial charge in [0.1, 0.15) is 23.4 Å². The first-order valence-corrected chi connectivity index (χ1v) is 8.86. The van der Waals surface area contributed by atoms with Gasteiger partial charge in [-0.2, -0.15) is 0 Å². The zero-order valence-electron chi connectivity index (χ0n) is 12.1. The van der Waals surface area contributed by atoms with Crippen LogP contribution in [0.25, 0.3) is 10.9 Å². The second kappa shape index (κ2) is 5.83. The number of aromatic nitrogens is 2. The van der Waals surface area contributed by atoms with Crippen LogP contribution < -0.4 is 10.1 Å². The van der Waals surface area contributed by atoms with Crippen molar-refractivity contribution in [3.63, 3.8) is 0 Å². The summed E-state index contributed by atoms with van der Waals surface area (Å²) in [5.74, 6) is 1.31. The van der Waals surface area contributed by atoms with Crippen molar-refractivity contribution in [2.45, 2.75) is 18.9 Å². The lowest BCUT2D eigenvalue weighted by Crippen LogP contribution is -2.40. The lowest BCUT2D eigenvalue weighted by molar-refractivity contribution is 0.280. The third-order valence-corrected chi connectivity index (χ3v) is 5.00. The largest absolute Gasteiger partial charge is 0.494 e. The minimum Gasteiger partial charge on any atom is -0.494 e. The van der Waals surface area contributed by atoms with Gasteiger partial charge in [0.05, 0.1) is 13.3 Å². The smallest absolute Gasteiger partial charge is 0.325 e. The number of para-hydroxylation sites is 1. The predicted molar refractivity (Wildman–Crippen MR) is 83.1 cm³/mol. The van der Waals surface area contributed by atoms with Gasteiger partial charge in [0.2, 0.25) is 0 Å². The number of nitrogens with zero attached hydrogens (tertiary/aromatic N) is 2. The molecule has 1 aliphatic carbocycles. The molecule has 1 heterocycles. The molecule has 7 nitrogen and oxygen atoms in total.